The van der Waals surface area contributed by atoms with Gasteiger partial charge in [-0.2, -0.15) is 0 Å². The van der Waals surface area contributed by atoms with Crippen molar-refractivity contribution in [1.82, 2.24) is 5.32 Å². The molecule has 0 aliphatic rings. The normalized spacial score (nSPS) is 10.2. The number of para-hydroxylation sites is 1. The molecule has 22 heavy (non-hydrogen) atoms. The van der Waals surface area contributed by atoms with Crippen molar-refractivity contribution in [2.75, 3.05) is 7.05 Å². The van der Waals surface area contributed by atoms with E-state index in [1.165, 1.54) is 18.2 Å². The van der Waals surface area contributed by atoms with Gasteiger partial charge in [0.05, 0.1) is 0 Å². The van der Waals surface area contributed by atoms with Crippen molar-refractivity contribution < 1.29 is 14.3 Å². The van der Waals surface area contributed by atoms with Crippen molar-refractivity contribution in [2.24, 2.45) is 0 Å². The van der Waals surface area contributed by atoms with Crippen molar-refractivity contribution in [3.05, 3.63) is 58.7 Å². The fourth-order valence-corrected chi connectivity index (χ4v) is 2.12. The summed E-state index contributed by atoms with van der Waals surface area (Å²) in [7, 11) is 1.53. The maximum Gasteiger partial charge on any atom is 0.412 e. The molecule has 0 aliphatic heterocycles. The van der Waals surface area contributed by atoms with Gasteiger partial charge in [-0.25, -0.2) is 4.79 Å². The van der Waals surface area contributed by atoms with Crippen molar-refractivity contribution in [3.8, 4) is 11.5 Å². The molecule has 2 aromatic rings. The third-order valence-corrected chi connectivity index (χ3v) is 3.55. The van der Waals surface area contributed by atoms with E-state index in [0.717, 1.165) is 16.9 Å². The Bertz CT molecular complexity index is 680. The van der Waals surface area contributed by atoms with Crippen LogP contribution in [-0.2, 0) is 6.61 Å². The molecule has 0 heterocycles. The molecule has 1 N–H and O–H groups in total. The Hall–Kier alpha value is -2.49. The molecule has 0 radical (unpaired) electrons. The average molecular weight is 299 g/mol. The number of hydrogen-bond donors (Lipinski definition) is 1. The van der Waals surface area contributed by atoms with Gasteiger partial charge in [0.15, 0.2) is 0 Å². The first-order valence-corrected chi connectivity index (χ1v) is 7.19. The zero-order chi connectivity index (χ0) is 16.1. The van der Waals surface area contributed by atoms with Gasteiger partial charge in [0, 0.05) is 12.6 Å². The highest BCUT2D eigenvalue weighted by Gasteiger charge is 2.09. The second kappa shape index (κ2) is 6.98. The van der Waals surface area contributed by atoms with E-state index in [4.69, 9.17) is 9.47 Å². The molecule has 1 amide bonds. The maximum atomic E-state index is 11.4. The quantitative estimate of drug-likeness (QED) is 0.931. The topological polar surface area (TPSA) is 47.6 Å². The summed E-state index contributed by atoms with van der Waals surface area (Å²) in [5, 5.41) is 2.44. The number of rotatable bonds is 4. The molecule has 0 aromatic heterocycles. The molecule has 4 nitrogen and oxygen atoms in total. The van der Waals surface area contributed by atoms with Gasteiger partial charge in [0.2, 0.25) is 0 Å². The Kier molecular flexibility index (Phi) is 5.04. The lowest BCUT2D eigenvalue weighted by atomic mass is 10.1. The SMILES string of the molecule is CNC(=O)Oc1ccccc1COc1cc(C)c(C)cc1C. The number of nitrogens with one attached hydrogen (secondary N) is 1. The van der Waals surface area contributed by atoms with Crippen LogP contribution in [0.25, 0.3) is 0 Å². The number of amides is 1. The summed E-state index contributed by atoms with van der Waals surface area (Å²) >= 11 is 0. The van der Waals surface area contributed by atoms with Crippen molar-refractivity contribution in [3.63, 3.8) is 0 Å². The molecule has 0 bridgehead atoms. The highest BCUT2D eigenvalue weighted by molar-refractivity contribution is 5.70. The van der Waals surface area contributed by atoms with Gasteiger partial charge in [0.25, 0.3) is 0 Å². The van der Waals surface area contributed by atoms with Gasteiger partial charge in [0.1, 0.15) is 18.1 Å². The Morgan fingerprint density at radius 1 is 1.00 bits per heavy atom. The summed E-state index contributed by atoms with van der Waals surface area (Å²) in [4.78, 5) is 11.4. The van der Waals surface area contributed by atoms with Crippen LogP contribution in [-0.4, -0.2) is 13.1 Å². The van der Waals surface area contributed by atoms with Crippen molar-refractivity contribution in [2.45, 2.75) is 27.4 Å². The minimum absolute atomic E-state index is 0.344. The van der Waals surface area contributed by atoms with E-state index in [1.54, 1.807) is 6.07 Å². The van der Waals surface area contributed by atoms with Gasteiger partial charge < -0.3 is 14.8 Å². The highest BCUT2D eigenvalue weighted by atomic mass is 16.6. The lowest BCUT2D eigenvalue weighted by molar-refractivity contribution is 0.201. The van der Waals surface area contributed by atoms with E-state index in [1.807, 2.05) is 31.2 Å². The molecule has 0 spiro atoms. The summed E-state index contributed by atoms with van der Waals surface area (Å²) in [6, 6.07) is 11.5. The summed E-state index contributed by atoms with van der Waals surface area (Å²) in [6.45, 7) is 6.51. The fraction of sp³-hybridized carbons (Fsp3) is 0.278. The first kappa shape index (κ1) is 15.9. The average Bonchev–Trinajstić information content (AvgIpc) is 2.50. The first-order valence-electron chi connectivity index (χ1n) is 7.19. The van der Waals surface area contributed by atoms with E-state index in [0.29, 0.717) is 12.4 Å². The number of benzene rings is 2. The van der Waals surface area contributed by atoms with Crippen LogP contribution in [0, 0.1) is 20.8 Å². The van der Waals surface area contributed by atoms with E-state index >= 15 is 0 Å². The van der Waals surface area contributed by atoms with Gasteiger partial charge in [-0.3, -0.25) is 0 Å². The third-order valence-electron chi connectivity index (χ3n) is 3.55. The van der Waals surface area contributed by atoms with Crippen LogP contribution < -0.4 is 14.8 Å². The van der Waals surface area contributed by atoms with E-state index in [2.05, 4.69) is 25.2 Å². The second-order valence-electron chi connectivity index (χ2n) is 5.24. The van der Waals surface area contributed by atoms with Gasteiger partial charge in [-0.05, 0) is 49.6 Å². The number of hydrogen-bond acceptors (Lipinski definition) is 3. The zero-order valence-electron chi connectivity index (χ0n) is 13.4. The number of aryl methyl sites for hydroxylation is 3. The summed E-state index contributed by atoms with van der Waals surface area (Å²) in [5.41, 5.74) is 4.35. The van der Waals surface area contributed by atoms with Crippen LogP contribution in [0.1, 0.15) is 22.3 Å². The molecule has 2 aromatic carbocycles. The van der Waals surface area contributed by atoms with Crippen molar-refractivity contribution in [1.29, 1.82) is 0 Å². The van der Waals surface area contributed by atoms with E-state index in [-0.39, 0.29) is 0 Å². The molecular weight excluding hydrogens is 278 g/mol. The Balaban J connectivity index is 2.15. The van der Waals surface area contributed by atoms with E-state index < -0.39 is 6.09 Å². The van der Waals surface area contributed by atoms with Crippen LogP contribution in [0.3, 0.4) is 0 Å². The largest absolute Gasteiger partial charge is 0.488 e. The summed E-state index contributed by atoms with van der Waals surface area (Å²) in [6.07, 6.45) is -0.491. The van der Waals surface area contributed by atoms with Crippen LogP contribution in [0.5, 0.6) is 11.5 Å². The van der Waals surface area contributed by atoms with Gasteiger partial charge in [-0.15, -0.1) is 0 Å². The zero-order valence-corrected chi connectivity index (χ0v) is 13.4. The van der Waals surface area contributed by atoms with E-state index in [9.17, 15) is 4.79 Å². The predicted molar refractivity (Wildman–Crippen MR) is 86.5 cm³/mol. The molecular formula is C18H21NO3. The lowest BCUT2D eigenvalue weighted by Gasteiger charge is -2.14. The lowest BCUT2D eigenvalue weighted by Crippen LogP contribution is -2.22. The Morgan fingerprint density at radius 2 is 1.68 bits per heavy atom. The minimum atomic E-state index is -0.491. The number of ether oxygens (including phenoxy) is 2. The smallest absolute Gasteiger partial charge is 0.412 e. The highest BCUT2D eigenvalue weighted by Crippen LogP contribution is 2.25. The van der Waals surface area contributed by atoms with Crippen LogP contribution in [0.4, 0.5) is 4.79 Å². The molecule has 0 unspecified atom stereocenters. The predicted octanol–water partition coefficient (Wildman–Crippen LogP) is 3.91. The molecule has 2 rings (SSSR count). The standard InChI is InChI=1S/C18H21NO3/c1-12-9-14(3)17(10-13(12)2)21-11-15-7-5-6-8-16(15)22-18(20)19-4/h5-10H,11H2,1-4H3,(H,19,20). The Morgan fingerprint density at radius 3 is 2.41 bits per heavy atom. The third kappa shape index (κ3) is 3.79. The molecule has 0 atom stereocenters. The number of carbonyl (C=O) groups is 1. The minimum Gasteiger partial charge on any atom is -0.488 e. The van der Waals surface area contributed by atoms with Crippen LogP contribution in [0.15, 0.2) is 36.4 Å². The maximum absolute atomic E-state index is 11.4. The molecule has 0 aliphatic carbocycles. The molecule has 4 heteroatoms. The molecule has 0 fully saturated rings. The monoisotopic (exact) mass is 299 g/mol. The fourth-order valence-electron chi connectivity index (χ4n) is 2.12. The second-order valence-corrected chi connectivity index (χ2v) is 5.24. The van der Waals surface area contributed by atoms with Gasteiger partial charge in [-0.1, -0.05) is 24.3 Å². The van der Waals surface area contributed by atoms with Crippen LogP contribution in [0.2, 0.25) is 0 Å². The molecule has 116 valence electrons. The Labute approximate surface area is 131 Å². The molecule has 0 saturated heterocycles. The summed E-state index contributed by atoms with van der Waals surface area (Å²) in [5.74, 6) is 1.35. The number of carbonyl (C=O) groups excluding carboxylic acids is 1. The van der Waals surface area contributed by atoms with Crippen molar-refractivity contribution >= 4 is 6.09 Å². The summed E-state index contributed by atoms with van der Waals surface area (Å²) < 4.78 is 11.1. The van der Waals surface area contributed by atoms with Crippen LogP contribution >= 0.6 is 0 Å². The molecule has 0 saturated carbocycles. The van der Waals surface area contributed by atoms with Gasteiger partial charge >= 0.3 is 6.09 Å². The first-order chi connectivity index (χ1) is 10.5.